The molecule has 0 amide bonds. The fourth-order valence-electron chi connectivity index (χ4n) is 1.81. The Hall–Kier alpha value is -2.34. The van der Waals surface area contributed by atoms with Crippen molar-refractivity contribution >= 4 is 27.4 Å². The molecule has 0 saturated carbocycles. The summed E-state index contributed by atoms with van der Waals surface area (Å²) >= 11 is 1.54. The van der Waals surface area contributed by atoms with Gasteiger partial charge in [-0.1, -0.05) is 0 Å². The van der Waals surface area contributed by atoms with Crippen molar-refractivity contribution in [3.63, 3.8) is 0 Å². The zero-order valence-electron chi connectivity index (χ0n) is 10.9. The number of aromatic nitrogens is 2. The van der Waals surface area contributed by atoms with Crippen molar-refractivity contribution in [2.24, 2.45) is 0 Å². The first-order chi connectivity index (χ1) is 9.76. The van der Waals surface area contributed by atoms with Gasteiger partial charge < -0.3 is 15.2 Å². The monoisotopic (exact) mass is 287 g/mol. The largest absolute Gasteiger partial charge is 0.497 e. The highest BCUT2D eigenvalue weighted by atomic mass is 32.1. The van der Waals surface area contributed by atoms with Gasteiger partial charge in [0.25, 0.3) is 0 Å². The molecule has 5 nitrogen and oxygen atoms in total. The van der Waals surface area contributed by atoms with Gasteiger partial charge in [0.15, 0.2) is 5.82 Å². The molecule has 3 rings (SSSR count). The summed E-state index contributed by atoms with van der Waals surface area (Å²) in [6.07, 6.45) is 0. The second-order valence-corrected chi connectivity index (χ2v) is 5.02. The molecule has 0 aliphatic rings. The number of hydrogen-bond donors (Lipinski definition) is 1. The summed E-state index contributed by atoms with van der Waals surface area (Å²) in [5.41, 5.74) is 5.89. The molecule has 2 heterocycles. The maximum Gasteiger partial charge on any atom is 0.169 e. The van der Waals surface area contributed by atoms with Crippen LogP contribution >= 0.6 is 11.3 Å². The van der Waals surface area contributed by atoms with E-state index in [1.54, 1.807) is 7.11 Å². The van der Waals surface area contributed by atoms with E-state index in [9.17, 15) is 0 Å². The number of fused-ring (bicyclic) bond motifs is 1. The number of anilines is 1. The molecular weight excluding hydrogens is 274 g/mol. The number of methoxy groups -OCH3 is 1. The molecule has 0 spiro atoms. The van der Waals surface area contributed by atoms with Crippen LogP contribution in [0.3, 0.4) is 0 Å². The highest BCUT2D eigenvalue weighted by molar-refractivity contribution is 7.16. The van der Waals surface area contributed by atoms with Crippen LogP contribution in [0.4, 0.5) is 5.82 Å². The van der Waals surface area contributed by atoms with E-state index in [2.05, 4.69) is 9.97 Å². The van der Waals surface area contributed by atoms with E-state index in [-0.39, 0.29) is 6.61 Å². The third kappa shape index (κ3) is 2.50. The fourth-order valence-corrected chi connectivity index (χ4v) is 2.60. The Labute approximate surface area is 120 Å². The second kappa shape index (κ2) is 5.34. The van der Waals surface area contributed by atoms with Crippen LogP contribution in [0.5, 0.6) is 11.5 Å². The van der Waals surface area contributed by atoms with E-state index in [0.29, 0.717) is 11.6 Å². The lowest BCUT2D eigenvalue weighted by Gasteiger charge is -2.07. The summed E-state index contributed by atoms with van der Waals surface area (Å²) < 4.78 is 10.7. The van der Waals surface area contributed by atoms with Gasteiger partial charge in [0.05, 0.1) is 12.5 Å². The lowest BCUT2D eigenvalue weighted by Crippen LogP contribution is -2.04. The van der Waals surface area contributed by atoms with Crippen molar-refractivity contribution in [2.45, 2.75) is 6.61 Å². The van der Waals surface area contributed by atoms with E-state index in [1.165, 1.54) is 11.3 Å². The molecule has 3 aromatic rings. The van der Waals surface area contributed by atoms with Crippen LogP contribution in [0.1, 0.15) is 5.82 Å². The normalized spacial score (nSPS) is 10.7. The van der Waals surface area contributed by atoms with E-state index >= 15 is 0 Å². The Balaban J connectivity index is 1.75. The van der Waals surface area contributed by atoms with Gasteiger partial charge in [-0.25, -0.2) is 9.97 Å². The molecule has 0 atom stereocenters. The minimum absolute atomic E-state index is 0.282. The molecule has 0 radical (unpaired) electrons. The second-order valence-electron chi connectivity index (χ2n) is 4.13. The Morgan fingerprint density at radius 3 is 2.60 bits per heavy atom. The van der Waals surface area contributed by atoms with Gasteiger partial charge in [-0.2, -0.15) is 0 Å². The quantitative estimate of drug-likeness (QED) is 0.799. The van der Waals surface area contributed by atoms with Gasteiger partial charge in [-0.05, 0) is 35.7 Å². The van der Waals surface area contributed by atoms with Crippen molar-refractivity contribution in [3.05, 3.63) is 41.5 Å². The van der Waals surface area contributed by atoms with Crippen molar-refractivity contribution in [1.29, 1.82) is 0 Å². The summed E-state index contributed by atoms with van der Waals surface area (Å²) in [5, 5.41) is 2.84. The molecule has 0 bridgehead atoms. The molecule has 0 unspecified atom stereocenters. The Bertz CT molecular complexity index is 725. The first kappa shape index (κ1) is 12.7. The van der Waals surface area contributed by atoms with Crippen molar-refractivity contribution in [1.82, 2.24) is 9.97 Å². The van der Waals surface area contributed by atoms with Gasteiger partial charge in [-0.3, -0.25) is 0 Å². The molecule has 0 aliphatic heterocycles. The molecular formula is C14H13N3O2S. The van der Waals surface area contributed by atoms with Gasteiger partial charge in [0.1, 0.15) is 28.8 Å². The lowest BCUT2D eigenvalue weighted by atomic mass is 10.3. The van der Waals surface area contributed by atoms with Crippen LogP contribution in [-0.4, -0.2) is 17.1 Å². The minimum atomic E-state index is 0.282. The van der Waals surface area contributed by atoms with Gasteiger partial charge in [-0.15, -0.1) is 11.3 Å². The zero-order valence-corrected chi connectivity index (χ0v) is 11.7. The minimum Gasteiger partial charge on any atom is -0.497 e. The van der Waals surface area contributed by atoms with E-state index in [0.717, 1.165) is 21.7 Å². The van der Waals surface area contributed by atoms with Gasteiger partial charge in [0.2, 0.25) is 0 Å². The van der Waals surface area contributed by atoms with Crippen molar-refractivity contribution in [2.75, 3.05) is 12.8 Å². The molecule has 102 valence electrons. The highest BCUT2D eigenvalue weighted by Crippen LogP contribution is 2.23. The molecule has 2 N–H and O–H groups in total. The predicted octanol–water partition coefficient (Wildman–Crippen LogP) is 2.86. The van der Waals surface area contributed by atoms with Crippen LogP contribution in [-0.2, 0) is 6.61 Å². The average molecular weight is 287 g/mol. The molecule has 0 fully saturated rings. The molecule has 2 aromatic heterocycles. The summed E-state index contributed by atoms with van der Waals surface area (Å²) in [5.74, 6) is 2.59. The number of rotatable bonds is 4. The molecule has 1 aromatic carbocycles. The number of ether oxygens (including phenoxy) is 2. The summed E-state index contributed by atoms with van der Waals surface area (Å²) in [7, 11) is 1.63. The Kier molecular flexibility index (Phi) is 3.39. The van der Waals surface area contributed by atoms with Crippen LogP contribution in [0.15, 0.2) is 35.7 Å². The van der Waals surface area contributed by atoms with Crippen LogP contribution in [0.2, 0.25) is 0 Å². The predicted molar refractivity (Wildman–Crippen MR) is 79.2 cm³/mol. The lowest BCUT2D eigenvalue weighted by molar-refractivity contribution is 0.296. The van der Waals surface area contributed by atoms with E-state index in [1.807, 2.05) is 35.7 Å². The van der Waals surface area contributed by atoms with Crippen LogP contribution in [0.25, 0.3) is 10.2 Å². The van der Waals surface area contributed by atoms with Crippen molar-refractivity contribution in [3.8, 4) is 11.5 Å². The number of hydrogen-bond acceptors (Lipinski definition) is 6. The number of nitrogen functional groups attached to an aromatic ring is 1. The molecule has 0 aliphatic carbocycles. The van der Waals surface area contributed by atoms with E-state index < -0.39 is 0 Å². The SMILES string of the molecule is COc1ccc(OCc2nc(N)c3ccsc3n2)cc1. The number of benzene rings is 1. The van der Waals surface area contributed by atoms with Crippen molar-refractivity contribution < 1.29 is 9.47 Å². The molecule has 6 heteroatoms. The molecule has 0 saturated heterocycles. The first-order valence-corrected chi connectivity index (χ1v) is 6.90. The standard InChI is InChI=1S/C14H13N3O2S/c1-18-9-2-4-10(5-3-9)19-8-12-16-13(15)11-6-7-20-14(11)17-12/h2-7H,8H2,1H3,(H2,15,16,17). The maximum absolute atomic E-state index is 5.89. The summed E-state index contributed by atoms with van der Waals surface area (Å²) in [4.78, 5) is 9.55. The number of nitrogens with two attached hydrogens (primary N) is 1. The van der Waals surface area contributed by atoms with E-state index in [4.69, 9.17) is 15.2 Å². The van der Waals surface area contributed by atoms with Crippen LogP contribution in [0, 0.1) is 0 Å². The maximum atomic E-state index is 5.89. The third-order valence-electron chi connectivity index (χ3n) is 2.83. The topological polar surface area (TPSA) is 70.3 Å². The molecule has 20 heavy (non-hydrogen) atoms. The van der Waals surface area contributed by atoms with Crippen LogP contribution < -0.4 is 15.2 Å². The number of thiophene rings is 1. The Morgan fingerprint density at radius 2 is 1.85 bits per heavy atom. The highest BCUT2D eigenvalue weighted by Gasteiger charge is 2.07. The third-order valence-corrected chi connectivity index (χ3v) is 3.63. The van der Waals surface area contributed by atoms with Gasteiger partial charge >= 0.3 is 0 Å². The Morgan fingerprint density at radius 1 is 1.10 bits per heavy atom. The average Bonchev–Trinajstić information content (AvgIpc) is 2.94. The number of nitrogens with zero attached hydrogens (tertiary/aromatic N) is 2. The van der Waals surface area contributed by atoms with Gasteiger partial charge in [0, 0.05) is 0 Å². The fraction of sp³-hybridized carbons (Fsp3) is 0.143. The summed E-state index contributed by atoms with van der Waals surface area (Å²) in [6.45, 7) is 0.282. The first-order valence-electron chi connectivity index (χ1n) is 6.03. The summed E-state index contributed by atoms with van der Waals surface area (Å²) in [6, 6.07) is 9.28. The zero-order chi connectivity index (χ0) is 13.9. The smallest absolute Gasteiger partial charge is 0.169 e.